The first kappa shape index (κ1) is 14.9. The lowest BCUT2D eigenvalue weighted by molar-refractivity contribution is -0.125. The van der Waals surface area contributed by atoms with E-state index in [4.69, 9.17) is 4.74 Å². The van der Waals surface area contributed by atoms with Gasteiger partial charge in [0.05, 0.1) is 17.8 Å². The van der Waals surface area contributed by atoms with Gasteiger partial charge < -0.3 is 10.1 Å². The maximum atomic E-state index is 12.6. The summed E-state index contributed by atoms with van der Waals surface area (Å²) in [6.07, 6.45) is 5.82. The highest BCUT2D eigenvalue weighted by molar-refractivity contribution is 5.99. The van der Waals surface area contributed by atoms with E-state index >= 15 is 0 Å². The van der Waals surface area contributed by atoms with Crippen LogP contribution in [-0.2, 0) is 16.0 Å². The number of ether oxygens (including phenoxy) is 1. The van der Waals surface area contributed by atoms with E-state index in [0.717, 1.165) is 18.4 Å². The van der Waals surface area contributed by atoms with Crippen LogP contribution in [0.15, 0.2) is 36.5 Å². The fourth-order valence-corrected chi connectivity index (χ4v) is 3.54. The van der Waals surface area contributed by atoms with Crippen molar-refractivity contribution in [1.29, 1.82) is 0 Å². The molecule has 6 heteroatoms. The Morgan fingerprint density at radius 1 is 1.21 bits per heavy atom. The van der Waals surface area contributed by atoms with E-state index in [1.165, 1.54) is 12.8 Å². The van der Waals surface area contributed by atoms with Crippen LogP contribution in [0.2, 0.25) is 0 Å². The van der Waals surface area contributed by atoms with Crippen LogP contribution in [0.25, 0.3) is 0 Å². The second kappa shape index (κ2) is 6.11. The number of rotatable bonds is 3. The lowest BCUT2D eigenvalue weighted by Crippen LogP contribution is -2.38. The Labute approximate surface area is 139 Å². The van der Waals surface area contributed by atoms with Crippen molar-refractivity contribution in [3.05, 3.63) is 47.7 Å². The van der Waals surface area contributed by atoms with E-state index in [-0.39, 0.29) is 5.91 Å². The predicted octanol–water partition coefficient (Wildman–Crippen LogP) is 2.72. The van der Waals surface area contributed by atoms with Crippen LogP contribution in [-0.4, -0.2) is 27.8 Å². The SMILES string of the molecule is O=C1OC(C(=O)Nc2ccnn2C2CCCC2)Cc2ccccc21. The molecule has 1 amide bonds. The maximum absolute atomic E-state index is 12.6. The zero-order valence-electron chi connectivity index (χ0n) is 13.3. The average Bonchev–Trinajstić information content (AvgIpc) is 3.25. The lowest BCUT2D eigenvalue weighted by atomic mass is 9.98. The molecule has 1 saturated carbocycles. The van der Waals surface area contributed by atoms with Gasteiger partial charge in [0.15, 0.2) is 6.10 Å². The Balaban J connectivity index is 1.50. The topological polar surface area (TPSA) is 73.2 Å². The average molecular weight is 325 g/mol. The quantitative estimate of drug-likeness (QED) is 0.881. The number of cyclic esters (lactones) is 1. The minimum Gasteiger partial charge on any atom is -0.448 e. The molecule has 2 aliphatic rings. The molecule has 24 heavy (non-hydrogen) atoms. The third kappa shape index (κ3) is 2.68. The summed E-state index contributed by atoms with van der Waals surface area (Å²) in [5.41, 5.74) is 1.38. The molecule has 6 nitrogen and oxygen atoms in total. The number of hydrogen-bond donors (Lipinski definition) is 1. The molecule has 1 N–H and O–H groups in total. The number of esters is 1. The van der Waals surface area contributed by atoms with Crippen LogP contribution in [0.5, 0.6) is 0 Å². The van der Waals surface area contributed by atoms with Gasteiger partial charge in [-0.1, -0.05) is 31.0 Å². The van der Waals surface area contributed by atoms with E-state index in [0.29, 0.717) is 23.8 Å². The van der Waals surface area contributed by atoms with E-state index in [1.807, 2.05) is 16.8 Å². The van der Waals surface area contributed by atoms with Gasteiger partial charge in [-0.15, -0.1) is 0 Å². The number of carbonyl (C=O) groups is 2. The van der Waals surface area contributed by atoms with Crippen molar-refractivity contribution in [2.45, 2.75) is 44.2 Å². The highest BCUT2D eigenvalue weighted by Crippen LogP contribution is 2.31. The summed E-state index contributed by atoms with van der Waals surface area (Å²) in [5.74, 6) is -0.0827. The van der Waals surface area contributed by atoms with Crippen molar-refractivity contribution < 1.29 is 14.3 Å². The van der Waals surface area contributed by atoms with Crippen LogP contribution >= 0.6 is 0 Å². The van der Waals surface area contributed by atoms with Crippen molar-refractivity contribution in [2.75, 3.05) is 5.32 Å². The van der Waals surface area contributed by atoms with E-state index in [2.05, 4.69) is 10.4 Å². The number of amides is 1. The lowest BCUT2D eigenvalue weighted by Gasteiger charge is -2.24. The minimum absolute atomic E-state index is 0.308. The van der Waals surface area contributed by atoms with Gasteiger partial charge in [-0.25, -0.2) is 9.48 Å². The number of aromatic nitrogens is 2. The summed E-state index contributed by atoms with van der Waals surface area (Å²) in [6, 6.07) is 9.36. The van der Waals surface area contributed by atoms with Gasteiger partial charge in [-0.2, -0.15) is 5.10 Å². The zero-order valence-corrected chi connectivity index (χ0v) is 13.3. The molecule has 1 fully saturated rings. The number of fused-ring (bicyclic) bond motifs is 1. The Bertz CT molecular complexity index is 777. The molecule has 2 aromatic rings. The summed E-state index contributed by atoms with van der Waals surface area (Å²) in [7, 11) is 0. The highest BCUT2D eigenvalue weighted by Gasteiger charge is 2.32. The van der Waals surface area contributed by atoms with Crippen molar-refractivity contribution >= 4 is 17.7 Å². The first-order chi connectivity index (χ1) is 11.7. The van der Waals surface area contributed by atoms with Gasteiger partial charge >= 0.3 is 5.97 Å². The van der Waals surface area contributed by atoms with Crippen molar-refractivity contribution in [3.8, 4) is 0 Å². The van der Waals surface area contributed by atoms with Gasteiger partial charge in [-0.05, 0) is 24.5 Å². The third-order valence-electron chi connectivity index (χ3n) is 4.78. The number of benzene rings is 1. The van der Waals surface area contributed by atoms with Crippen LogP contribution < -0.4 is 5.32 Å². The summed E-state index contributed by atoms with van der Waals surface area (Å²) in [4.78, 5) is 24.6. The molecule has 1 aromatic carbocycles. The molecular weight excluding hydrogens is 306 g/mol. The number of hydrogen-bond acceptors (Lipinski definition) is 4. The van der Waals surface area contributed by atoms with Crippen LogP contribution in [0.3, 0.4) is 0 Å². The smallest absolute Gasteiger partial charge is 0.339 e. The van der Waals surface area contributed by atoms with E-state index < -0.39 is 12.1 Å². The first-order valence-electron chi connectivity index (χ1n) is 8.35. The van der Waals surface area contributed by atoms with Gasteiger partial charge in [-0.3, -0.25) is 4.79 Å². The predicted molar refractivity (Wildman–Crippen MR) is 87.7 cm³/mol. The molecule has 2 heterocycles. The number of nitrogens with one attached hydrogen (secondary N) is 1. The van der Waals surface area contributed by atoms with Gasteiger partial charge in [0, 0.05) is 12.5 Å². The molecule has 1 aliphatic carbocycles. The highest BCUT2D eigenvalue weighted by atomic mass is 16.5. The second-order valence-corrected chi connectivity index (χ2v) is 6.34. The summed E-state index contributed by atoms with van der Waals surface area (Å²) >= 11 is 0. The minimum atomic E-state index is -0.806. The summed E-state index contributed by atoms with van der Waals surface area (Å²) in [6.45, 7) is 0. The van der Waals surface area contributed by atoms with Crippen molar-refractivity contribution in [2.24, 2.45) is 0 Å². The zero-order chi connectivity index (χ0) is 16.5. The molecule has 1 aliphatic heterocycles. The van der Waals surface area contributed by atoms with Gasteiger partial charge in [0.1, 0.15) is 5.82 Å². The Morgan fingerprint density at radius 2 is 2.00 bits per heavy atom. The fraction of sp³-hybridized carbons (Fsp3) is 0.389. The Morgan fingerprint density at radius 3 is 2.83 bits per heavy atom. The summed E-state index contributed by atoms with van der Waals surface area (Å²) in [5, 5.41) is 7.21. The molecule has 0 radical (unpaired) electrons. The molecule has 4 rings (SSSR count). The van der Waals surface area contributed by atoms with E-state index in [9.17, 15) is 9.59 Å². The monoisotopic (exact) mass is 325 g/mol. The maximum Gasteiger partial charge on any atom is 0.339 e. The molecular formula is C18H19N3O3. The standard InChI is InChI=1S/C18H19N3O3/c22-17(15-11-12-5-1-4-8-14(12)18(23)24-15)20-16-9-10-19-21(16)13-6-2-3-7-13/h1,4-5,8-10,13,15H,2-3,6-7,11H2,(H,20,22). The first-order valence-corrected chi connectivity index (χ1v) is 8.35. The largest absolute Gasteiger partial charge is 0.448 e. The Kier molecular flexibility index (Phi) is 3.80. The normalized spacial score (nSPS) is 20.5. The summed E-state index contributed by atoms with van der Waals surface area (Å²) < 4.78 is 7.19. The van der Waals surface area contributed by atoms with Gasteiger partial charge in [0.2, 0.25) is 0 Å². The second-order valence-electron chi connectivity index (χ2n) is 6.34. The molecule has 1 unspecified atom stereocenters. The number of carbonyl (C=O) groups excluding carboxylic acids is 2. The van der Waals surface area contributed by atoms with Crippen molar-refractivity contribution in [3.63, 3.8) is 0 Å². The third-order valence-corrected chi connectivity index (χ3v) is 4.78. The molecule has 0 bridgehead atoms. The number of anilines is 1. The number of nitrogens with zero attached hydrogens (tertiary/aromatic N) is 2. The van der Waals surface area contributed by atoms with Crippen LogP contribution in [0.1, 0.15) is 47.6 Å². The molecule has 0 spiro atoms. The van der Waals surface area contributed by atoms with Crippen LogP contribution in [0.4, 0.5) is 5.82 Å². The molecule has 1 atom stereocenters. The molecule has 124 valence electrons. The molecule has 0 saturated heterocycles. The fourth-order valence-electron chi connectivity index (χ4n) is 3.54. The van der Waals surface area contributed by atoms with Crippen molar-refractivity contribution in [1.82, 2.24) is 9.78 Å². The van der Waals surface area contributed by atoms with E-state index in [1.54, 1.807) is 24.4 Å². The van der Waals surface area contributed by atoms with Crippen LogP contribution in [0, 0.1) is 0 Å². The van der Waals surface area contributed by atoms with Gasteiger partial charge in [0.25, 0.3) is 5.91 Å². The Hall–Kier alpha value is -2.63. The molecule has 1 aromatic heterocycles.